The Labute approximate surface area is 225 Å². The quantitative estimate of drug-likeness (QED) is 0.264. The molecule has 11 heteroatoms. The number of aromatic nitrogens is 5. The lowest BCUT2D eigenvalue weighted by molar-refractivity contribution is -0.137. The van der Waals surface area contributed by atoms with Gasteiger partial charge in [0.05, 0.1) is 27.4 Å². The molecule has 39 heavy (non-hydrogen) atoms. The second-order valence-corrected chi connectivity index (χ2v) is 8.51. The topological polar surface area (TPSA) is 97.6 Å². The van der Waals surface area contributed by atoms with Crippen molar-refractivity contribution in [3.8, 4) is 16.9 Å². The maximum absolute atomic E-state index is 14.0. The number of rotatable bonds is 6. The third-order valence-electron chi connectivity index (χ3n) is 5.59. The average Bonchev–Trinajstić information content (AvgIpc) is 3.37. The first-order valence-electron chi connectivity index (χ1n) is 13.1. The predicted octanol–water partition coefficient (Wildman–Crippen LogP) is 6.36. The van der Waals surface area contributed by atoms with Crippen LogP contribution in [0.2, 0.25) is 0 Å². The SMILES string of the molecule is [2H]c1c(NC(=O)c2ccc(C)c(Nc3nccc(-c4cccnc4)n3)c2)c([2H])c(C(F)(F)F)c([2H])c1-n1cnc(C)c1. The summed E-state index contributed by atoms with van der Waals surface area (Å²) < 4.78 is 67.9. The first-order chi connectivity index (χ1) is 19.9. The second-order valence-electron chi connectivity index (χ2n) is 8.51. The fourth-order valence-electron chi connectivity index (χ4n) is 3.63. The van der Waals surface area contributed by atoms with Gasteiger partial charge in [-0.15, -0.1) is 0 Å². The summed E-state index contributed by atoms with van der Waals surface area (Å²) in [4.78, 5) is 30.0. The molecule has 2 aromatic carbocycles. The van der Waals surface area contributed by atoms with Crippen molar-refractivity contribution in [3.63, 3.8) is 0 Å². The third-order valence-corrected chi connectivity index (χ3v) is 5.59. The zero-order valence-electron chi connectivity index (χ0n) is 23.6. The van der Waals surface area contributed by atoms with Crippen molar-refractivity contribution in [3.05, 3.63) is 108 Å². The lowest BCUT2D eigenvalue weighted by Gasteiger charge is -2.14. The van der Waals surface area contributed by atoms with Crippen LogP contribution in [-0.2, 0) is 6.18 Å². The molecule has 0 spiro atoms. The molecule has 0 saturated carbocycles. The Kier molecular flexibility index (Phi) is 5.84. The maximum Gasteiger partial charge on any atom is 0.416 e. The molecule has 1 amide bonds. The molecule has 196 valence electrons. The van der Waals surface area contributed by atoms with E-state index in [0.29, 0.717) is 17.1 Å². The molecule has 0 saturated heterocycles. The molecule has 0 bridgehead atoms. The fourth-order valence-corrected chi connectivity index (χ4v) is 3.63. The first-order valence-corrected chi connectivity index (χ1v) is 11.6. The van der Waals surface area contributed by atoms with E-state index in [1.165, 1.54) is 24.7 Å². The summed E-state index contributed by atoms with van der Waals surface area (Å²) in [6.45, 7) is 3.37. The highest BCUT2D eigenvalue weighted by molar-refractivity contribution is 6.05. The van der Waals surface area contributed by atoms with Gasteiger partial charge in [-0.25, -0.2) is 15.0 Å². The first kappa shape index (κ1) is 22.0. The third kappa shape index (κ3) is 5.93. The molecule has 0 atom stereocenters. The average molecular weight is 533 g/mol. The summed E-state index contributed by atoms with van der Waals surface area (Å²) in [5.41, 5.74) is 0.305. The number of benzene rings is 2. The zero-order valence-corrected chi connectivity index (χ0v) is 20.6. The number of carbonyl (C=O) groups is 1. The number of amides is 1. The highest BCUT2D eigenvalue weighted by Gasteiger charge is 2.31. The number of nitrogens with one attached hydrogen (secondary N) is 2. The summed E-state index contributed by atoms with van der Waals surface area (Å²) in [5.74, 6) is -0.622. The second kappa shape index (κ2) is 10.4. The highest BCUT2D eigenvalue weighted by Crippen LogP contribution is 2.33. The molecule has 3 heterocycles. The minimum absolute atomic E-state index is 0.0360. The molecule has 0 radical (unpaired) electrons. The summed E-state index contributed by atoms with van der Waals surface area (Å²) in [6, 6.07) is 6.99. The van der Waals surface area contributed by atoms with Crippen LogP contribution in [0.1, 0.15) is 31.3 Å². The minimum Gasteiger partial charge on any atom is -0.324 e. The van der Waals surface area contributed by atoms with E-state index in [9.17, 15) is 18.0 Å². The Bertz CT molecular complexity index is 1810. The number of halogens is 3. The smallest absolute Gasteiger partial charge is 0.324 e. The van der Waals surface area contributed by atoms with Crippen LogP contribution >= 0.6 is 0 Å². The van der Waals surface area contributed by atoms with Gasteiger partial charge in [-0.1, -0.05) is 6.07 Å². The Hall–Kier alpha value is -5.06. The summed E-state index contributed by atoms with van der Waals surface area (Å²) in [7, 11) is 0. The molecule has 8 nitrogen and oxygen atoms in total. The van der Waals surface area contributed by atoms with Gasteiger partial charge in [0, 0.05) is 53.0 Å². The van der Waals surface area contributed by atoms with Crippen LogP contribution in [0.25, 0.3) is 16.9 Å². The molecule has 5 aromatic rings. The van der Waals surface area contributed by atoms with Gasteiger partial charge in [-0.05, 0) is 67.9 Å². The number of anilines is 3. The zero-order chi connectivity index (χ0) is 30.2. The standard InChI is InChI=1S/C28H22F3N7O/c1-17-5-6-19(10-25(17)37-27-33-9-7-24(36-27)20-4-3-8-32-14-20)26(39)35-22-11-21(28(29,30)31)12-23(13-22)38-15-18(2)34-16-38/h3-16H,1-2H3,(H,35,39)(H,33,36,37)/i11D,12D,13D. The van der Waals surface area contributed by atoms with Crippen LogP contribution in [0, 0.1) is 13.8 Å². The molecule has 2 N–H and O–H groups in total. The van der Waals surface area contributed by atoms with Gasteiger partial charge < -0.3 is 15.2 Å². The van der Waals surface area contributed by atoms with Crippen molar-refractivity contribution in [1.29, 1.82) is 0 Å². The van der Waals surface area contributed by atoms with Crippen LogP contribution in [-0.4, -0.2) is 30.4 Å². The van der Waals surface area contributed by atoms with E-state index in [1.54, 1.807) is 50.6 Å². The molecule has 0 aliphatic rings. The summed E-state index contributed by atoms with van der Waals surface area (Å²) in [6.07, 6.45) is 2.28. The molecule has 5 rings (SSSR count). The van der Waals surface area contributed by atoms with Crippen molar-refractivity contribution in [2.45, 2.75) is 20.0 Å². The molecule has 0 aliphatic heterocycles. The Morgan fingerprint density at radius 3 is 2.62 bits per heavy atom. The van der Waals surface area contributed by atoms with Gasteiger partial charge in [-0.3, -0.25) is 9.78 Å². The highest BCUT2D eigenvalue weighted by atomic mass is 19.4. The van der Waals surface area contributed by atoms with E-state index in [0.717, 1.165) is 15.7 Å². The fraction of sp³-hybridized carbons (Fsp3) is 0.107. The Morgan fingerprint density at radius 1 is 1.05 bits per heavy atom. The van der Waals surface area contributed by atoms with Crippen LogP contribution in [0.3, 0.4) is 0 Å². The molecule has 0 unspecified atom stereocenters. The summed E-state index contributed by atoms with van der Waals surface area (Å²) >= 11 is 0. The van der Waals surface area contributed by atoms with E-state index in [-0.39, 0.29) is 11.5 Å². The summed E-state index contributed by atoms with van der Waals surface area (Å²) in [5, 5.41) is 5.35. The lowest BCUT2D eigenvalue weighted by atomic mass is 10.1. The van der Waals surface area contributed by atoms with Crippen molar-refractivity contribution in [1.82, 2.24) is 24.5 Å². The number of hydrogen-bond donors (Lipinski definition) is 2. The van der Waals surface area contributed by atoms with E-state index in [2.05, 4.69) is 30.6 Å². The molecular formula is C28H22F3N7O. The van der Waals surface area contributed by atoms with Crippen LogP contribution < -0.4 is 10.6 Å². The monoisotopic (exact) mass is 532 g/mol. The van der Waals surface area contributed by atoms with Crippen LogP contribution in [0.15, 0.2) is 85.6 Å². The molecular weight excluding hydrogens is 507 g/mol. The number of hydrogen-bond acceptors (Lipinski definition) is 6. The number of imidazole rings is 1. The Morgan fingerprint density at radius 2 is 1.90 bits per heavy atom. The van der Waals surface area contributed by atoms with Gasteiger partial charge in [0.1, 0.15) is 0 Å². The molecule has 0 fully saturated rings. The van der Waals surface area contributed by atoms with E-state index >= 15 is 0 Å². The van der Waals surface area contributed by atoms with Crippen molar-refractivity contribution >= 4 is 23.2 Å². The van der Waals surface area contributed by atoms with E-state index < -0.39 is 47.1 Å². The maximum atomic E-state index is 14.0. The molecule has 3 aromatic heterocycles. The van der Waals surface area contributed by atoms with Crippen molar-refractivity contribution < 1.29 is 22.1 Å². The lowest BCUT2D eigenvalue weighted by Crippen LogP contribution is -2.14. The van der Waals surface area contributed by atoms with Gasteiger partial charge in [0.15, 0.2) is 0 Å². The number of nitrogens with zero attached hydrogens (tertiary/aromatic N) is 5. The number of aryl methyl sites for hydroxylation is 2. The van der Waals surface area contributed by atoms with Crippen LogP contribution in [0.5, 0.6) is 0 Å². The predicted molar refractivity (Wildman–Crippen MR) is 141 cm³/mol. The largest absolute Gasteiger partial charge is 0.416 e. The van der Waals surface area contributed by atoms with Gasteiger partial charge in [0.2, 0.25) is 5.95 Å². The number of alkyl halides is 3. The molecule has 0 aliphatic carbocycles. The van der Waals surface area contributed by atoms with E-state index in [4.69, 9.17) is 4.11 Å². The van der Waals surface area contributed by atoms with Gasteiger partial charge >= 0.3 is 6.18 Å². The van der Waals surface area contributed by atoms with Gasteiger partial charge in [0.25, 0.3) is 5.91 Å². The van der Waals surface area contributed by atoms with Gasteiger partial charge in [-0.2, -0.15) is 13.2 Å². The van der Waals surface area contributed by atoms with Crippen LogP contribution in [0.4, 0.5) is 30.5 Å². The van der Waals surface area contributed by atoms with Crippen molar-refractivity contribution in [2.75, 3.05) is 10.6 Å². The number of pyridine rings is 1. The number of carbonyl (C=O) groups excluding carboxylic acids is 1. The Balaban J connectivity index is 1.50. The van der Waals surface area contributed by atoms with E-state index in [1.807, 2.05) is 6.07 Å². The minimum atomic E-state index is -5.09. The van der Waals surface area contributed by atoms with Crippen molar-refractivity contribution in [2.24, 2.45) is 0 Å². The normalized spacial score (nSPS) is 12.4.